The maximum atomic E-state index is 12.5. The van der Waals surface area contributed by atoms with E-state index in [9.17, 15) is 4.79 Å². The second kappa shape index (κ2) is 6.72. The minimum atomic E-state index is -0.0328. The van der Waals surface area contributed by atoms with Gasteiger partial charge >= 0.3 is 0 Å². The van der Waals surface area contributed by atoms with E-state index in [1.54, 1.807) is 6.20 Å². The molecular formula is C16H23N7O. The summed E-state index contributed by atoms with van der Waals surface area (Å²) in [5.41, 5.74) is 0.520. The van der Waals surface area contributed by atoms with Crippen LogP contribution in [0.4, 0.5) is 0 Å². The molecule has 8 nitrogen and oxygen atoms in total. The number of nitrogens with zero attached hydrogens (tertiary/aromatic N) is 5. The molecule has 1 aliphatic carbocycles. The molecule has 1 aliphatic heterocycles. The number of aromatic amines is 1. The van der Waals surface area contributed by atoms with Gasteiger partial charge in [0.15, 0.2) is 5.82 Å². The van der Waals surface area contributed by atoms with Crippen molar-refractivity contribution in [2.24, 2.45) is 0 Å². The highest BCUT2D eigenvalue weighted by Crippen LogP contribution is 2.19. The predicted octanol–water partition coefficient (Wildman–Crippen LogP) is 1.08. The van der Waals surface area contributed by atoms with Crippen molar-refractivity contribution in [2.75, 3.05) is 6.54 Å². The Morgan fingerprint density at radius 1 is 1.25 bits per heavy atom. The quantitative estimate of drug-likeness (QED) is 0.876. The molecule has 4 rings (SSSR count). The van der Waals surface area contributed by atoms with Crippen LogP contribution in [-0.4, -0.2) is 48.1 Å². The molecule has 0 radical (unpaired) electrons. The van der Waals surface area contributed by atoms with Crippen LogP contribution in [-0.2, 0) is 19.6 Å². The van der Waals surface area contributed by atoms with Crippen molar-refractivity contribution in [3.05, 3.63) is 29.9 Å². The summed E-state index contributed by atoms with van der Waals surface area (Å²) in [6.07, 6.45) is 9.15. The van der Waals surface area contributed by atoms with Gasteiger partial charge in [0.05, 0.1) is 25.6 Å². The molecule has 0 bridgehead atoms. The van der Waals surface area contributed by atoms with Crippen molar-refractivity contribution in [3.63, 3.8) is 0 Å². The highest BCUT2D eigenvalue weighted by molar-refractivity contribution is 5.92. The number of aromatic nitrogens is 5. The van der Waals surface area contributed by atoms with Crippen LogP contribution in [0.5, 0.6) is 0 Å². The molecular weight excluding hydrogens is 306 g/mol. The zero-order valence-corrected chi connectivity index (χ0v) is 13.7. The molecule has 8 heteroatoms. The Balaban J connectivity index is 1.45. The fourth-order valence-corrected chi connectivity index (χ4v) is 3.63. The number of hydrogen-bond donors (Lipinski definition) is 2. The Morgan fingerprint density at radius 3 is 2.92 bits per heavy atom. The van der Waals surface area contributed by atoms with Crippen LogP contribution in [0.15, 0.2) is 12.5 Å². The van der Waals surface area contributed by atoms with Gasteiger partial charge in [0.25, 0.3) is 5.91 Å². The van der Waals surface area contributed by atoms with Crippen LogP contribution in [0.2, 0.25) is 0 Å². The maximum absolute atomic E-state index is 12.5. The summed E-state index contributed by atoms with van der Waals surface area (Å²) >= 11 is 0. The molecule has 1 amide bonds. The highest BCUT2D eigenvalue weighted by Gasteiger charge is 2.24. The molecule has 2 aliphatic rings. The number of rotatable bonds is 4. The Labute approximate surface area is 140 Å². The average molecular weight is 329 g/mol. The third-order valence-corrected chi connectivity index (χ3v) is 4.97. The number of nitrogens with one attached hydrogen (secondary N) is 2. The standard InChI is InChI=1S/C16H23N7O/c24-16(13-8-17-11-19-13)22-6-3-7-23-14(20-21-15(23)10-22)9-18-12-4-1-2-5-12/h8,11-12,18H,1-7,9-10H2,(H,17,19). The largest absolute Gasteiger partial charge is 0.341 e. The van der Waals surface area contributed by atoms with E-state index in [4.69, 9.17) is 0 Å². The second-order valence-corrected chi connectivity index (χ2v) is 6.59. The van der Waals surface area contributed by atoms with Crippen LogP contribution in [0.25, 0.3) is 0 Å². The van der Waals surface area contributed by atoms with Gasteiger partial charge in [-0.15, -0.1) is 10.2 Å². The lowest BCUT2D eigenvalue weighted by molar-refractivity contribution is 0.0738. The first-order valence-corrected chi connectivity index (χ1v) is 8.73. The first-order valence-electron chi connectivity index (χ1n) is 8.73. The van der Waals surface area contributed by atoms with Crippen molar-refractivity contribution in [1.82, 2.24) is 34.9 Å². The van der Waals surface area contributed by atoms with Crippen molar-refractivity contribution >= 4 is 5.91 Å². The second-order valence-electron chi connectivity index (χ2n) is 6.59. The lowest BCUT2D eigenvalue weighted by Crippen LogP contribution is -2.31. The normalized spacial score (nSPS) is 18.6. The van der Waals surface area contributed by atoms with Crippen LogP contribution in [0.3, 0.4) is 0 Å². The zero-order chi connectivity index (χ0) is 16.4. The lowest BCUT2D eigenvalue weighted by Gasteiger charge is -2.18. The highest BCUT2D eigenvalue weighted by atomic mass is 16.2. The van der Waals surface area contributed by atoms with E-state index in [-0.39, 0.29) is 5.91 Å². The van der Waals surface area contributed by atoms with Gasteiger partial charge in [-0.1, -0.05) is 12.8 Å². The van der Waals surface area contributed by atoms with Crippen LogP contribution in [0.1, 0.15) is 54.2 Å². The molecule has 0 unspecified atom stereocenters. The van der Waals surface area contributed by atoms with Crippen molar-refractivity contribution in [3.8, 4) is 0 Å². The Bertz CT molecular complexity index is 687. The van der Waals surface area contributed by atoms with Gasteiger partial charge in [-0.3, -0.25) is 4.79 Å². The summed E-state index contributed by atoms with van der Waals surface area (Å²) in [4.78, 5) is 21.1. The van der Waals surface area contributed by atoms with Gasteiger partial charge in [-0.25, -0.2) is 4.98 Å². The van der Waals surface area contributed by atoms with E-state index < -0.39 is 0 Å². The Hall–Kier alpha value is -2.22. The molecule has 0 aromatic carbocycles. The number of H-pyrrole nitrogens is 1. The number of fused-ring (bicyclic) bond motifs is 1. The number of imidazole rings is 1. The van der Waals surface area contributed by atoms with Gasteiger partial charge in [-0.2, -0.15) is 0 Å². The average Bonchev–Trinajstić information content (AvgIpc) is 3.32. The summed E-state index contributed by atoms with van der Waals surface area (Å²) in [7, 11) is 0. The topological polar surface area (TPSA) is 91.7 Å². The summed E-state index contributed by atoms with van der Waals surface area (Å²) in [6.45, 7) is 2.83. The molecule has 2 aromatic rings. The number of carbonyl (C=O) groups excluding carboxylic acids is 1. The van der Waals surface area contributed by atoms with E-state index in [0.717, 1.165) is 37.7 Å². The minimum Gasteiger partial charge on any atom is -0.341 e. The van der Waals surface area contributed by atoms with Gasteiger partial charge in [0, 0.05) is 19.1 Å². The maximum Gasteiger partial charge on any atom is 0.272 e. The smallest absolute Gasteiger partial charge is 0.272 e. The predicted molar refractivity (Wildman–Crippen MR) is 87.1 cm³/mol. The van der Waals surface area contributed by atoms with Crippen molar-refractivity contribution in [2.45, 2.75) is 57.8 Å². The summed E-state index contributed by atoms with van der Waals surface area (Å²) < 4.78 is 2.17. The molecule has 1 fully saturated rings. The van der Waals surface area contributed by atoms with Crippen molar-refractivity contribution < 1.29 is 4.79 Å². The number of amides is 1. The molecule has 0 spiro atoms. The molecule has 24 heavy (non-hydrogen) atoms. The molecule has 2 aromatic heterocycles. The third kappa shape index (κ3) is 3.06. The molecule has 2 N–H and O–H groups in total. The fraction of sp³-hybridized carbons (Fsp3) is 0.625. The molecule has 1 saturated carbocycles. The van der Waals surface area contributed by atoms with E-state index in [1.165, 1.54) is 32.0 Å². The third-order valence-electron chi connectivity index (χ3n) is 4.97. The first-order chi connectivity index (χ1) is 11.8. The van der Waals surface area contributed by atoms with E-state index in [2.05, 4.69) is 30.0 Å². The van der Waals surface area contributed by atoms with Crippen LogP contribution < -0.4 is 5.32 Å². The Kier molecular flexibility index (Phi) is 4.29. The zero-order valence-electron chi connectivity index (χ0n) is 13.7. The van der Waals surface area contributed by atoms with Crippen molar-refractivity contribution in [1.29, 1.82) is 0 Å². The lowest BCUT2D eigenvalue weighted by atomic mass is 10.2. The first kappa shape index (κ1) is 15.3. The summed E-state index contributed by atoms with van der Waals surface area (Å²) in [5.74, 6) is 1.81. The van der Waals surface area contributed by atoms with Crippen LogP contribution in [0, 0.1) is 0 Å². The van der Waals surface area contributed by atoms with Gasteiger partial charge in [0.1, 0.15) is 11.5 Å². The number of carbonyl (C=O) groups is 1. The van der Waals surface area contributed by atoms with Gasteiger partial charge in [-0.05, 0) is 19.3 Å². The van der Waals surface area contributed by atoms with Gasteiger partial charge < -0.3 is 19.8 Å². The molecule has 0 atom stereocenters. The summed E-state index contributed by atoms with van der Waals surface area (Å²) in [5, 5.41) is 12.3. The molecule has 128 valence electrons. The Morgan fingerprint density at radius 2 is 2.12 bits per heavy atom. The summed E-state index contributed by atoms with van der Waals surface area (Å²) in [6, 6.07) is 0.613. The van der Waals surface area contributed by atoms with Gasteiger partial charge in [0.2, 0.25) is 0 Å². The molecule has 3 heterocycles. The van der Waals surface area contributed by atoms with Crippen LogP contribution >= 0.6 is 0 Å². The molecule has 0 saturated heterocycles. The minimum absolute atomic E-state index is 0.0328. The van der Waals surface area contributed by atoms with E-state index in [0.29, 0.717) is 18.3 Å². The van der Waals surface area contributed by atoms with E-state index in [1.807, 2.05) is 4.90 Å². The van der Waals surface area contributed by atoms with E-state index >= 15 is 0 Å². The fourth-order valence-electron chi connectivity index (χ4n) is 3.63. The SMILES string of the molecule is O=C(c1cnc[nH]1)N1CCCn2c(CNC3CCCC3)nnc2C1. The monoisotopic (exact) mass is 329 g/mol. The number of hydrogen-bond acceptors (Lipinski definition) is 5.